The van der Waals surface area contributed by atoms with Crippen LogP contribution in [0.3, 0.4) is 0 Å². The van der Waals surface area contributed by atoms with E-state index in [1.165, 1.54) is 5.01 Å². The topological polar surface area (TPSA) is 16.1 Å². The molecule has 0 aliphatic carbocycles. The summed E-state index contributed by atoms with van der Waals surface area (Å²) >= 11 is 7.44. The molecule has 4 heteroatoms. The molecule has 0 fully saturated rings. The number of hydrogen-bond donors (Lipinski definition) is 0. The van der Waals surface area contributed by atoms with E-state index >= 15 is 0 Å². The van der Waals surface area contributed by atoms with Gasteiger partial charge in [-0.1, -0.05) is 13.8 Å². The van der Waals surface area contributed by atoms with Crippen LogP contribution in [-0.4, -0.2) is 29.5 Å². The Bertz CT molecular complexity index is 312. The zero-order valence-electron chi connectivity index (χ0n) is 10.5. The van der Waals surface area contributed by atoms with Crippen molar-refractivity contribution in [1.82, 2.24) is 9.88 Å². The van der Waals surface area contributed by atoms with Crippen LogP contribution in [0.4, 0.5) is 0 Å². The van der Waals surface area contributed by atoms with Crippen LogP contribution in [0.15, 0.2) is 5.38 Å². The number of nitrogens with zero attached hydrogens (tertiary/aromatic N) is 2. The SMILES string of the molecule is CC(C)C(C)N(C)CCc1nc(CCl)cs1. The molecule has 1 rings (SSSR count). The van der Waals surface area contributed by atoms with E-state index in [2.05, 4.69) is 37.7 Å². The number of alkyl halides is 1. The van der Waals surface area contributed by atoms with Crippen molar-refractivity contribution < 1.29 is 0 Å². The van der Waals surface area contributed by atoms with Crippen LogP contribution < -0.4 is 0 Å². The second-order valence-corrected chi connectivity index (χ2v) is 5.79. The summed E-state index contributed by atoms with van der Waals surface area (Å²) in [6, 6.07) is 0.618. The van der Waals surface area contributed by atoms with E-state index in [1.807, 2.05) is 5.38 Å². The normalized spacial score (nSPS) is 13.7. The van der Waals surface area contributed by atoms with E-state index in [9.17, 15) is 0 Å². The first-order valence-electron chi connectivity index (χ1n) is 5.74. The minimum absolute atomic E-state index is 0.523. The number of likely N-dealkylation sites (N-methyl/N-ethyl adjacent to an activating group) is 1. The highest BCUT2D eigenvalue weighted by atomic mass is 35.5. The van der Waals surface area contributed by atoms with Crippen LogP contribution in [0.2, 0.25) is 0 Å². The van der Waals surface area contributed by atoms with Crippen molar-refractivity contribution in [3.8, 4) is 0 Å². The monoisotopic (exact) mass is 260 g/mol. The molecule has 1 aromatic rings. The van der Waals surface area contributed by atoms with Crippen molar-refractivity contribution in [3.05, 3.63) is 16.1 Å². The van der Waals surface area contributed by atoms with Crippen LogP contribution in [0.1, 0.15) is 31.5 Å². The molecular weight excluding hydrogens is 240 g/mol. The molecule has 0 aliphatic rings. The second-order valence-electron chi connectivity index (χ2n) is 4.58. The predicted octanol–water partition coefficient (Wildman–Crippen LogP) is 3.40. The first-order chi connectivity index (χ1) is 7.54. The molecule has 2 nitrogen and oxygen atoms in total. The van der Waals surface area contributed by atoms with Crippen molar-refractivity contribution >= 4 is 22.9 Å². The van der Waals surface area contributed by atoms with Crippen molar-refractivity contribution in [1.29, 1.82) is 0 Å². The highest BCUT2D eigenvalue weighted by Crippen LogP contribution is 2.14. The third kappa shape index (κ3) is 4.04. The van der Waals surface area contributed by atoms with Crippen molar-refractivity contribution in [3.63, 3.8) is 0 Å². The van der Waals surface area contributed by atoms with Gasteiger partial charge in [-0.3, -0.25) is 0 Å². The highest BCUT2D eigenvalue weighted by molar-refractivity contribution is 7.09. The molecule has 0 saturated heterocycles. The molecular formula is C12H21ClN2S. The Labute approximate surface area is 108 Å². The first-order valence-corrected chi connectivity index (χ1v) is 7.15. The van der Waals surface area contributed by atoms with Crippen LogP contribution in [0.25, 0.3) is 0 Å². The molecule has 92 valence electrons. The summed E-state index contributed by atoms with van der Waals surface area (Å²) in [4.78, 5) is 6.86. The molecule has 1 aromatic heterocycles. The van der Waals surface area contributed by atoms with Gasteiger partial charge in [0, 0.05) is 24.4 Å². The molecule has 16 heavy (non-hydrogen) atoms. The van der Waals surface area contributed by atoms with E-state index in [1.54, 1.807) is 11.3 Å². The summed E-state index contributed by atoms with van der Waals surface area (Å²) in [5.74, 6) is 1.22. The Morgan fingerprint density at radius 3 is 2.62 bits per heavy atom. The maximum Gasteiger partial charge on any atom is 0.0941 e. The lowest BCUT2D eigenvalue weighted by molar-refractivity contribution is 0.210. The van der Waals surface area contributed by atoms with Gasteiger partial charge < -0.3 is 4.90 Å². The summed E-state index contributed by atoms with van der Waals surface area (Å²) < 4.78 is 0. The lowest BCUT2D eigenvalue weighted by Crippen LogP contribution is -2.34. The average molecular weight is 261 g/mol. The van der Waals surface area contributed by atoms with E-state index in [4.69, 9.17) is 11.6 Å². The quantitative estimate of drug-likeness (QED) is 0.729. The van der Waals surface area contributed by atoms with E-state index in [0.29, 0.717) is 17.8 Å². The zero-order valence-corrected chi connectivity index (χ0v) is 12.1. The Morgan fingerprint density at radius 1 is 1.44 bits per heavy atom. The standard InChI is InChI=1S/C12H21ClN2S/c1-9(2)10(3)15(4)6-5-12-14-11(7-13)8-16-12/h8-10H,5-7H2,1-4H3. The van der Waals surface area contributed by atoms with Gasteiger partial charge in [0.05, 0.1) is 16.6 Å². The van der Waals surface area contributed by atoms with Gasteiger partial charge in [0.25, 0.3) is 0 Å². The number of rotatable bonds is 6. The Hall–Kier alpha value is -0.120. The number of hydrogen-bond acceptors (Lipinski definition) is 3. The van der Waals surface area contributed by atoms with Crippen molar-refractivity contribution in [2.75, 3.05) is 13.6 Å². The largest absolute Gasteiger partial charge is 0.303 e. The van der Waals surface area contributed by atoms with Gasteiger partial charge >= 0.3 is 0 Å². The van der Waals surface area contributed by atoms with Gasteiger partial charge in [-0.15, -0.1) is 22.9 Å². The molecule has 0 saturated carbocycles. The van der Waals surface area contributed by atoms with Crippen LogP contribution in [0, 0.1) is 5.92 Å². The smallest absolute Gasteiger partial charge is 0.0941 e. The molecule has 1 unspecified atom stereocenters. The summed E-state index contributed by atoms with van der Waals surface area (Å²) in [5.41, 5.74) is 1.00. The average Bonchev–Trinajstić information content (AvgIpc) is 2.72. The molecule has 0 aromatic carbocycles. The summed E-state index contributed by atoms with van der Waals surface area (Å²) in [6.07, 6.45) is 1.02. The fourth-order valence-electron chi connectivity index (χ4n) is 1.51. The lowest BCUT2D eigenvalue weighted by atomic mass is 10.1. The Balaban J connectivity index is 2.39. The van der Waals surface area contributed by atoms with Gasteiger partial charge in [0.2, 0.25) is 0 Å². The Kier molecular flexibility index (Phi) is 5.73. The van der Waals surface area contributed by atoms with E-state index < -0.39 is 0 Å². The van der Waals surface area contributed by atoms with Crippen molar-refractivity contribution in [2.24, 2.45) is 5.92 Å². The van der Waals surface area contributed by atoms with Gasteiger partial charge in [-0.2, -0.15) is 0 Å². The minimum Gasteiger partial charge on any atom is -0.303 e. The highest BCUT2D eigenvalue weighted by Gasteiger charge is 2.13. The predicted molar refractivity (Wildman–Crippen MR) is 72.3 cm³/mol. The second kappa shape index (κ2) is 6.58. The molecule has 1 heterocycles. The van der Waals surface area contributed by atoms with Crippen LogP contribution >= 0.6 is 22.9 Å². The van der Waals surface area contributed by atoms with Gasteiger partial charge in [0.1, 0.15) is 0 Å². The number of halogens is 1. The Morgan fingerprint density at radius 2 is 2.12 bits per heavy atom. The van der Waals surface area contributed by atoms with E-state index in [0.717, 1.165) is 18.7 Å². The van der Waals surface area contributed by atoms with E-state index in [-0.39, 0.29) is 0 Å². The molecule has 0 radical (unpaired) electrons. The summed E-state index contributed by atoms with van der Waals surface area (Å²) in [7, 11) is 2.18. The number of thiazole rings is 1. The third-order valence-electron chi connectivity index (χ3n) is 3.07. The van der Waals surface area contributed by atoms with Gasteiger partial charge in [0.15, 0.2) is 0 Å². The number of aromatic nitrogens is 1. The fraction of sp³-hybridized carbons (Fsp3) is 0.750. The first kappa shape index (κ1) is 13.9. The molecule has 0 bridgehead atoms. The summed E-state index contributed by atoms with van der Waals surface area (Å²) in [5, 5.41) is 3.24. The molecule has 0 spiro atoms. The van der Waals surface area contributed by atoms with Gasteiger partial charge in [-0.25, -0.2) is 4.98 Å². The third-order valence-corrected chi connectivity index (χ3v) is 4.31. The molecule has 1 atom stereocenters. The minimum atomic E-state index is 0.523. The lowest BCUT2D eigenvalue weighted by Gasteiger charge is -2.27. The maximum absolute atomic E-state index is 5.73. The maximum atomic E-state index is 5.73. The van der Waals surface area contributed by atoms with Crippen LogP contribution in [0.5, 0.6) is 0 Å². The summed E-state index contributed by atoms with van der Waals surface area (Å²) in [6.45, 7) is 7.86. The molecule has 0 aliphatic heterocycles. The molecule has 0 amide bonds. The van der Waals surface area contributed by atoms with Gasteiger partial charge in [-0.05, 0) is 19.9 Å². The van der Waals surface area contributed by atoms with Crippen molar-refractivity contribution in [2.45, 2.75) is 39.1 Å². The zero-order chi connectivity index (χ0) is 12.1. The molecule has 0 N–H and O–H groups in total. The van der Waals surface area contributed by atoms with Crippen LogP contribution in [-0.2, 0) is 12.3 Å². The fourth-order valence-corrected chi connectivity index (χ4v) is 2.53.